The van der Waals surface area contributed by atoms with E-state index >= 15 is 0 Å². The first-order valence-corrected chi connectivity index (χ1v) is 7.85. The van der Waals surface area contributed by atoms with Crippen molar-refractivity contribution in [1.82, 2.24) is 14.5 Å². The van der Waals surface area contributed by atoms with Crippen LogP contribution in [0.2, 0.25) is 0 Å². The Morgan fingerprint density at radius 1 is 1.19 bits per heavy atom. The first-order valence-electron chi connectivity index (χ1n) is 7.85. The third-order valence-electron chi connectivity index (χ3n) is 3.69. The highest BCUT2D eigenvalue weighted by atomic mass is 19.4. The Labute approximate surface area is 151 Å². The van der Waals surface area contributed by atoms with E-state index in [1.165, 1.54) is 37.7 Å². The van der Waals surface area contributed by atoms with Gasteiger partial charge < -0.3 is 19.4 Å². The summed E-state index contributed by atoms with van der Waals surface area (Å²) in [6.45, 7) is 0.399. The van der Waals surface area contributed by atoms with Crippen LogP contribution in [0.25, 0.3) is 11.0 Å². The number of carbonyl (C=O) groups excluding carboxylic acids is 1. The van der Waals surface area contributed by atoms with E-state index in [2.05, 4.69) is 24.8 Å². The average molecular weight is 380 g/mol. The number of methoxy groups -OCH3 is 1. The molecule has 2 heterocycles. The van der Waals surface area contributed by atoms with Crippen LogP contribution in [0.5, 0.6) is 5.75 Å². The van der Waals surface area contributed by atoms with Crippen molar-refractivity contribution in [3.63, 3.8) is 0 Å². The van der Waals surface area contributed by atoms with E-state index in [1.54, 1.807) is 16.8 Å². The van der Waals surface area contributed by atoms with E-state index in [4.69, 9.17) is 0 Å². The molecule has 27 heavy (non-hydrogen) atoms. The van der Waals surface area contributed by atoms with Crippen LogP contribution in [0.15, 0.2) is 42.9 Å². The van der Waals surface area contributed by atoms with Gasteiger partial charge in [0, 0.05) is 18.4 Å². The van der Waals surface area contributed by atoms with E-state index in [0.717, 1.165) is 0 Å². The van der Waals surface area contributed by atoms with E-state index in [9.17, 15) is 18.0 Å². The number of aryl methyl sites for hydroxylation is 1. The second-order valence-corrected chi connectivity index (χ2v) is 5.49. The van der Waals surface area contributed by atoms with Gasteiger partial charge in [0.1, 0.15) is 23.5 Å². The highest BCUT2D eigenvalue weighted by Crippen LogP contribution is 2.27. The summed E-state index contributed by atoms with van der Waals surface area (Å²) in [4.78, 5) is 19.7. The Hall–Kier alpha value is -3.30. The number of nitrogens with one attached hydrogen (secondary N) is 1. The highest BCUT2D eigenvalue weighted by Gasteiger charge is 2.30. The Bertz CT molecular complexity index is 939. The van der Waals surface area contributed by atoms with Crippen LogP contribution in [0.4, 0.5) is 24.7 Å². The lowest BCUT2D eigenvalue weighted by molar-refractivity contribution is -0.274. The van der Waals surface area contributed by atoms with E-state index < -0.39 is 6.36 Å². The lowest BCUT2D eigenvalue weighted by atomic mass is 10.3. The molecule has 0 aliphatic heterocycles. The van der Waals surface area contributed by atoms with E-state index in [-0.39, 0.29) is 18.1 Å². The van der Waals surface area contributed by atoms with Crippen LogP contribution < -0.4 is 10.1 Å². The average Bonchev–Trinajstić information content (AvgIpc) is 3.04. The van der Waals surface area contributed by atoms with Gasteiger partial charge >= 0.3 is 12.3 Å². The van der Waals surface area contributed by atoms with Gasteiger partial charge in [-0.1, -0.05) is 0 Å². The van der Waals surface area contributed by atoms with Crippen LogP contribution in [0, 0.1) is 0 Å². The van der Waals surface area contributed by atoms with Crippen LogP contribution in [0.1, 0.15) is 6.42 Å². The molecule has 0 radical (unpaired) electrons. The topological polar surface area (TPSA) is 78.3 Å². The number of benzene rings is 1. The van der Waals surface area contributed by atoms with Gasteiger partial charge in [0.15, 0.2) is 0 Å². The summed E-state index contributed by atoms with van der Waals surface area (Å²) in [5.74, 6) is -0.151. The lowest BCUT2D eigenvalue weighted by Crippen LogP contribution is -2.16. The number of hydrogen-bond donors (Lipinski definition) is 1. The molecule has 2 aromatic heterocycles. The van der Waals surface area contributed by atoms with Crippen molar-refractivity contribution in [1.29, 1.82) is 0 Å². The van der Waals surface area contributed by atoms with Crippen molar-refractivity contribution in [2.24, 2.45) is 0 Å². The molecular weight excluding hydrogens is 365 g/mol. The molecular formula is C17H15F3N4O3. The number of fused-ring (bicyclic) bond motifs is 1. The van der Waals surface area contributed by atoms with Crippen LogP contribution in [-0.4, -0.2) is 34.0 Å². The first kappa shape index (κ1) is 18.5. The largest absolute Gasteiger partial charge is 0.573 e. The maximum absolute atomic E-state index is 12.2. The minimum atomic E-state index is -4.74. The van der Waals surface area contributed by atoms with Crippen LogP contribution >= 0.6 is 0 Å². The number of alkyl halides is 3. The second kappa shape index (κ2) is 7.52. The monoisotopic (exact) mass is 380 g/mol. The molecule has 1 N–H and O–H groups in total. The first-order chi connectivity index (χ1) is 12.9. The van der Waals surface area contributed by atoms with Gasteiger partial charge in [0.2, 0.25) is 0 Å². The van der Waals surface area contributed by atoms with Gasteiger partial charge in [0.25, 0.3) is 0 Å². The zero-order chi connectivity index (χ0) is 19.4. The molecule has 0 aliphatic carbocycles. The number of anilines is 2. The van der Waals surface area contributed by atoms with Crippen LogP contribution in [-0.2, 0) is 16.1 Å². The smallest absolute Gasteiger partial charge is 0.469 e. The maximum Gasteiger partial charge on any atom is 0.573 e. The molecule has 3 rings (SSSR count). The Kier molecular flexibility index (Phi) is 5.15. The van der Waals surface area contributed by atoms with Gasteiger partial charge in [-0.25, -0.2) is 9.97 Å². The maximum atomic E-state index is 12.2. The van der Waals surface area contributed by atoms with Crippen molar-refractivity contribution in [3.8, 4) is 5.75 Å². The number of carbonyl (C=O) groups is 1. The predicted octanol–water partition coefficient (Wildman–Crippen LogP) is 3.64. The fourth-order valence-electron chi connectivity index (χ4n) is 2.47. The number of esters is 1. The van der Waals surface area contributed by atoms with Gasteiger partial charge in [-0.15, -0.1) is 13.2 Å². The van der Waals surface area contributed by atoms with Crippen molar-refractivity contribution in [2.45, 2.75) is 19.3 Å². The quantitative estimate of drug-likeness (QED) is 0.658. The van der Waals surface area contributed by atoms with E-state index in [0.29, 0.717) is 29.1 Å². The van der Waals surface area contributed by atoms with Crippen molar-refractivity contribution in [2.75, 3.05) is 12.4 Å². The van der Waals surface area contributed by atoms with E-state index in [1.807, 2.05) is 0 Å². The fourth-order valence-corrected chi connectivity index (χ4v) is 2.47. The predicted molar refractivity (Wildman–Crippen MR) is 90.6 cm³/mol. The zero-order valence-electron chi connectivity index (χ0n) is 14.2. The summed E-state index contributed by atoms with van der Waals surface area (Å²) in [5, 5.41) is 3.74. The summed E-state index contributed by atoms with van der Waals surface area (Å²) in [6.07, 6.45) is -1.40. The SMILES string of the molecule is COC(=O)CCn1ccc2c(Nc3ccc(OC(F)(F)F)cc3)ncnc21. The lowest BCUT2D eigenvalue weighted by Gasteiger charge is -2.10. The Balaban J connectivity index is 1.77. The third kappa shape index (κ3) is 4.66. The molecule has 0 saturated heterocycles. The van der Waals surface area contributed by atoms with Crippen molar-refractivity contribution in [3.05, 3.63) is 42.9 Å². The molecule has 0 spiro atoms. The minimum Gasteiger partial charge on any atom is -0.469 e. The van der Waals surface area contributed by atoms with Crippen molar-refractivity contribution >= 4 is 28.5 Å². The number of nitrogens with zero attached hydrogens (tertiary/aromatic N) is 3. The molecule has 0 unspecified atom stereocenters. The number of rotatable bonds is 6. The fraction of sp³-hybridized carbons (Fsp3) is 0.235. The normalized spacial score (nSPS) is 11.4. The molecule has 3 aromatic rings. The summed E-state index contributed by atoms with van der Waals surface area (Å²) >= 11 is 0. The summed E-state index contributed by atoms with van der Waals surface area (Å²) in [7, 11) is 1.32. The molecule has 0 amide bonds. The highest BCUT2D eigenvalue weighted by molar-refractivity contribution is 5.89. The Morgan fingerprint density at radius 2 is 1.93 bits per heavy atom. The summed E-state index contributed by atoms with van der Waals surface area (Å²) in [5.41, 5.74) is 1.15. The van der Waals surface area contributed by atoms with Gasteiger partial charge in [-0.3, -0.25) is 4.79 Å². The number of halogens is 3. The molecule has 0 aliphatic rings. The Morgan fingerprint density at radius 3 is 2.59 bits per heavy atom. The molecule has 0 saturated carbocycles. The zero-order valence-corrected chi connectivity index (χ0v) is 14.2. The molecule has 7 nitrogen and oxygen atoms in total. The molecule has 142 valence electrons. The van der Waals surface area contributed by atoms with Gasteiger partial charge in [0.05, 0.1) is 18.9 Å². The number of hydrogen-bond acceptors (Lipinski definition) is 6. The third-order valence-corrected chi connectivity index (χ3v) is 3.69. The molecule has 1 aromatic carbocycles. The summed E-state index contributed by atoms with van der Waals surface area (Å²) in [6, 6.07) is 7.09. The second-order valence-electron chi connectivity index (χ2n) is 5.49. The van der Waals surface area contributed by atoms with Crippen LogP contribution in [0.3, 0.4) is 0 Å². The van der Waals surface area contributed by atoms with Gasteiger partial charge in [-0.2, -0.15) is 0 Å². The minimum absolute atomic E-state index is 0.202. The number of ether oxygens (including phenoxy) is 2. The molecule has 10 heteroatoms. The van der Waals surface area contributed by atoms with Crippen molar-refractivity contribution < 1.29 is 27.4 Å². The molecule has 0 atom stereocenters. The summed E-state index contributed by atoms with van der Waals surface area (Å²) < 4.78 is 46.9. The molecule has 0 fully saturated rings. The molecule has 0 bridgehead atoms. The number of aromatic nitrogens is 3. The van der Waals surface area contributed by atoms with Gasteiger partial charge in [-0.05, 0) is 30.3 Å². The standard InChI is InChI=1S/C17H15F3N4O3/c1-26-14(25)7-9-24-8-6-13-15(21-10-22-16(13)24)23-11-2-4-12(5-3-11)27-17(18,19)20/h2-6,8,10H,7,9H2,1H3,(H,21,22,23).